The van der Waals surface area contributed by atoms with Crippen LogP contribution in [0, 0.1) is 0 Å². The second kappa shape index (κ2) is 8.97. The molecule has 0 unspecified atom stereocenters. The van der Waals surface area contributed by atoms with Gasteiger partial charge in [-0.05, 0) is 43.5 Å². The molecule has 0 radical (unpaired) electrons. The highest BCUT2D eigenvalue weighted by Gasteiger charge is 2.46. The highest BCUT2D eigenvalue weighted by molar-refractivity contribution is 7.91. The van der Waals surface area contributed by atoms with E-state index in [4.69, 9.17) is 10.8 Å². The summed E-state index contributed by atoms with van der Waals surface area (Å²) < 4.78 is 24.2. The number of sulfone groups is 1. The maximum atomic E-state index is 12.6. The van der Waals surface area contributed by atoms with E-state index in [1.807, 2.05) is 0 Å². The van der Waals surface area contributed by atoms with Gasteiger partial charge in [-0.1, -0.05) is 12.8 Å². The Hall–Kier alpha value is -2.72. The van der Waals surface area contributed by atoms with E-state index in [1.165, 1.54) is 6.26 Å². The fourth-order valence-electron chi connectivity index (χ4n) is 3.75. The first-order valence-electron chi connectivity index (χ1n) is 9.86. The molecule has 0 saturated heterocycles. The van der Waals surface area contributed by atoms with E-state index in [1.54, 1.807) is 30.3 Å². The zero-order chi connectivity index (χ0) is 21.8. The van der Waals surface area contributed by atoms with Crippen LogP contribution in [0.3, 0.4) is 0 Å². The number of aliphatic hydroxyl groups is 1. The third kappa shape index (κ3) is 4.71. The van der Waals surface area contributed by atoms with Crippen LogP contribution in [-0.4, -0.2) is 48.9 Å². The molecule has 2 aromatic rings. The maximum Gasteiger partial charge on any atom is 0.319 e. The van der Waals surface area contributed by atoms with Crippen LogP contribution in [0.2, 0.25) is 0 Å². The average molecular weight is 434 g/mol. The number of carbonyl (C=O) groups is 1. The fourth-order valence-corrected chi connectivity index (χ4v) is 5.27. The summed E-state index contributed by atoms with van der Waals surface area (Å²) in [6.45, 7) is 0.389. The van der Waals surface area contributed by atoms with Gasteiger partial charge < -0.3 is 21.5 Å². The van der Waals surface area contributed by atoms with Gasteiger partial charge in [0.1, 0.15) is 10.6 Å². The van der Waals surface area contributed by atoms with Gasteiger partial charge >= 0.3 is 6.03 Å². The second-order valence-electron chi connectivity index (χ2n) is 7.51. The summed E-state index contributed by atoms with van der Waals surface area (Å²) in [5.74, 6) is 0.564. The standard InChI is InChI=1S/C20H27N5O4S/c1-30(28,29)20(9-2-3-10-20)16-13-17(21)25-18(24-16)14-5-7-15(8-6-14)23-19(27)22-11-4-12-26/h5-8,13,26H,2-4,9-12H2,1H3,(H2,21,24,25)(H2,22,23,27). The van der Waals surface area contributed by atoms with Crippen LogP contribution in [0.1, 0.15) is 37.8 Å². The molecule has 10 heteroatoms. The summed E-state index contributed by atoms with van der Waals surface area (Å²) in [5, 5.41) is 14.1. The van der Waals surface area contributed by atoms with Crippen molar-refractivity contribution in [2.75, 3.05) is 30.5 Å². The lowest BCUT2D eigenvalue weighted by molar-refractivity contribution is 0.249. The van der Waals surface area contributed by atoms with Crippen molar-refractivity contribution in [3.05, 3.63) is 36.0 Å². The van der Waals surface area contributed by atoms with Crippen LogP contribution >= 0.6 is 0 Å². The Balaban J connectivity index is 1.84. The lowest BCUT2D eigenvalue weighted by atomic mass is 10.0. The molecule has 1 aliphatic carbocycles. The molecule has 5 N–H and O–H groups in total. The number of benzene rings is 1. The number of nitrogens with one attached hydrogen (secondary N) is 2. The van der Waals surface area contributed by atoms with Gasteiger partial charge in [-0.15, -0.1) is 0 Å². The molecule has 1 aromatic heterocycles. The molecule has 9 nitrogen and oxygen atoms in total. The molecule has 1 saturated carbocycles. The number of rotatable bonds is 7. The van der Waals surface area contributed by atoms with E-state index in [-0.39, 0.29) is 18.5 Å². The van der Waals surface area contributed by atoms with Crippen LogP contribution in [0.25, 0.3) is 11.4 Å². The van der Waals surface area contributed by atoms with Gasteiger partial charge in [-0.25, -0.2) is 23.2 Å². The third-order valence-electron chi connectivity index (χ3n) is 5.36. The molecule has 0 aliphatic heterocycles. The van der Waals surface area contributed by atoms with Crippen LogP contribution in [0.4, 0.5) is 16.3 Å². The number of carbonyl (C=O) groups excluding carboxylic acids is 1. The minimum Gasteiger partial charge on any atom is -0.396 e. The smallest absolute Gasteiger partial charge is 0.319 e. The van der Waals surface area contributed by atoms with E-state index in [0.29, 0.717) is 48.6 Å². The van der Waals surface area contributed by atoms with Crippen LogP contribution < -0.4 is 16.4 Å². The van der Waals surface area contributed by atoms with Gasteiger partial charge in [0.05, 0.1) is 5.69 Å². The molecule has 1 aromatic carbocycles. The lowest BCUT2D eigenvalue weighted by Gasteiger charge is -2.26. The Bertz CT molecular complexity index is 1000. The topological polar surface area (TPSA) is 147 Å². The molecule has 2 amide bonds. The van der Waals surface area contributed by atoms with Gasteiger partial charge in [-0.2, -0.15) is 0 Å². The summed E-state index contributed by atoms with van der Waals surface area (Å²) >= 11 is 0. The molecule has 3 rings (SSSR count). The normalized spacial score (nSPS) is 15.7. The Labute approximate surface area is 176 Å². The molecular weight excluding hydrogens is 406 g/mol. The van der Waals surface area contributed by atoms with Gasteiger partial charge in [0, 0.05) is 36.7 Å². The molecule has 162 valence electrons. The average Bonchev–Trinajstić information content (AvgIpc) is 3.20. The van der Waals surface area contributed by atoms with Crippen molar-refractivity contribution in [2.24, 2.45) is 0 Å². The third-order valence-corrected chi connectivity index (χ3v) is 7.39. The number of nitrogen functional groups attached to an aromatic ring is 1. The lowest BCUT2D eigenvalue weighted by Crippen LogP contribution is -2.33. The van der Waals surface area contributed by atoms with E-state index in [9.17, 15) is 13.2 Å². The Morgan fingerprint density at radius 1 is 1.20 bits per heavy atom. The van der Waals surface area contributed by atoms with E-state index >= 15 is 0 Å². The van der Waals surface area contributed by atoms with Gasteiger partial charge in [-0.3, -0.25) is 0 Å². The first-order valence-corrected chi connectivity index (χ1v) is 11.7. The summed E-state index contributed by atoms with van der Waals surface area (Å²) in [4.78, 5) is 20.7. The summed E-state index contributed by atoms with van der Waals surface area (Å²) in [6.07, 6.45) is 4.44. The Morgan fingerprint density at radius 3 is 2.47 bits per heavy atom. The minimum absolute atomic E-state index is 0.0117. The molecular formula is C20H27N5O4S. The maximum absolute atomic E-state index is 12.6. The molecule has 0 spiro atoms. The molecule has 1 aliphatic rings. The SMILES string of the molecule is CS(=O)(=O)C1(c2cc(N)nc(-c3ccc(NC(=O)NCCCO)cc3)n2)CCCC1. The van der Waals surface area contributed by atoms with Crippen LogP contribution in [0.15, 0.2) is 30.3 Å². The van der Waals surface area contributed by atoms with Gasteiger partial charge in [0.25, 0.3) is 0 Å². The highest BCUT2D eigenvalue weighted by Crippen LogP contribution is 2.45. The molecule has 1 fully saturated rings. The van der Waals surface area contributed by atoms with Crippen molar-refractivity contribution >= 4 is 27.4 Å². The predicted molar refractivity (Wildman–Crippen MR) is 116 cm³/mol. The summed E-state index contributed by atoms with van der Waals surface area (Å²) in [5.41, 5.74) is 7.67. The number of amides is 2. The Kier molecular flexibility index (Phi) is 6.57. The largest absolute Gasteiger partial charge is 0.396 e. The van der Waals surface area contributed by atoms with Crippen molar-refractivity contribution < 1.29 is 18.3 Å². The molecule has 0 atom stereocenters. The van der Waals surface area contributed by atoms with Crippen LogP contribution in [0.5, 0.6) is 0 Å². The van der Waals surface area contributed by atoms with E-state index < -0.39 is 14.6 Å². The number of hydrogen-bond donors (Lipinski definition) is 4. The molecule has 0 bridgehead atoms. The Morgan fingerprint density at radius 2 is 1.87 bits per heavy atom. The quantitative estimate of drug-likeness (QED) is 0.488. The van der Waals surface area contributed by atoms with Crippen molar-refractivity contribution in [1.29, 1.82) is 0 Å². The number of aliphatic hydroxyl groups excluding tert-OH is 1. The first kappa shape index (κ1) is 22.0. The number of anilines is 2. The van der Waals surface area contributed by atoms with Gasteiger partial charge in [0.2, 0.25) is 0 Å². The number of nitrogens with two attached hydrogens (primary N) is 1. The molecule has 30 heavy (non-hydrogen) atoms. The second-order valence-corrected chi connectivity index (χ2v) is 9.84. The first-order chi connectivity index (χ1) is 14.2. The number of hydrogen-bond acceptors (Lipinski definition) is 7. The monoisotopic (exact) mass is 433 g/mol. The van der Waals surface area contributed by atoms with Gasteiger partial charge in [0.15, 0.2) is 15.7 Å². The molecule has 1 heterocycles. The number of aromatic nitrogens is 2. The van der Waals surface area contributed by atoms with Crippen molar-refractivity contribution in [3.63, 3.8) is 0 Å². The van der Waals surface area contributed by atoms with E-state index in [0.717, 1.165) is 12.8 Å². The minimum atomic E-state index is -3.38. The number of nitrogens with zero attached hydrogens (tertiary/aromatic N) is 2. The van der Waals surface area contributed by atoms with Crippen molar-refractivity contribution in [2.45, 2.75) is 36.9 Å². The fraction of sp³-hybridized carbons (Fsp3) is 0.450. The zero-order valence-corrected chi connectivity index (χ0v) is 17.7. The van der Waals surface area contributed by atoms with Crippen LogP contribution in [-0.2, 0) is 14.6 Å². The zero-order valence-electron chi connectivity index (χ0n) is 16.9. The van der Waals surface area contributed by atoms with Crippen molar-refractivity contribution in [3.8, 4) is 11.4 Å². The predicted octanol–water partition coefficient (Wildman–Crippen LogP) is 2.04. The summed E-state index contributed by atoms with van der Waals surface area (Å²) in [7, 11) is -3.38. The van der Waals surface area contributed by atoms with E-state index in [2.05, 4.69) is 20.6 Å². The summed E-state index contributed by atoms with van der Waals surface area (Å²) in [6, 6.07) is 8.08. The number of urea groups is 1. The van der Waals surface area contributed by atoms with Crippen molar-refractivity contribution in [1.82, 2.24) is 15.3 Å². The highest BCUT2D eigenvalue weighted by atomic mass is 32.2.